The maximum Gasteiger partial charge on any atom is 0.0147 e. The van der Waals surface area contributed by atoms with Crippen molar-refractivity contribution in [3.8, 4) is 0 Å². The molecule has 1 heteroatoms. The van der Waals surface area contributed by atoms with Crippen molar-refractivity contribution < 1.29 is 0 Å². The number of rotatable bonds is 3. The van der Waals surface area contributed by atoms with Crippen molar-refractivity contribution in [2.24, 2.45) is 0 Å². The molecular weight excluding hydrogens is 200 g/mol. The van der Waals surface area contributed by atoms with E-state index in [1.165, 1.54) is 28.9 Å². The van der Waals surface area contributed by atoms with Crippen molar-refractivity contribution >= 4 is 11.8 Å². The minimum absolute atomic E-state index is 1.31. The summed E-state index contributed by atoms with van der Waals surface area (Å²) in [7, 11) is 0. The first-order valence-electron chi connectivity index (χ1n) is 5.51. The molecule has 0 bridgehead atoms. The van der Waals surface area contributed by atoms with Crippen molar-refractivity contribution in [3.63, 3.8) is 0 Å². The van der Waals surface area contributed by atoms with Gasteiger partial charge in [0.25, 0.3) is 0 Å². The van der Waals surface area contributed by atoms with Crippen LogP contribution in [0.15, 0.2) is 35.1 Å². The number of unbranched alkanes of at least 4 members (excludes halogenated alkanes) is 1. The molecule has 0 saturated carbocycles. The highest BCUT2D eigenvalue weighted by Crippen LogP contribution is 2.24. The molecule has 0 fully saturated rings. The highest BCUT2D eigenvalue weighted by atomic mass is 32.2. The SMILES string of the molecule is C=CSc1cccc(C)c1C.CCCC. The number of aryl methyl sites for hydroxylation is 1. The Morgan fingerprint density at radius 3 is 2.27 bits per heavy atom. The van der Waals surface area contributed by atoms with E-state index in [1.807, 2.05) is 5.41 Å². The Morgan fingerprint density at radius 1 is 1.20 bits per heavy atom. The zero-order valence-corrected chi connectivity index (χ0v) is 11.2. The molecule has 1 rings (SSSR count). The minimum Gasteiger partial charge on any atom is -0.0984 e. The smallest absolute Gasteiger partial charge is 0.0147 e. The van der Waals surface area contributed by atoms with Crippen molar-refractivity contribution in [3.05, 3.63) is 41.3 Å². The molecule has 0 saturated heterocycles. The maximum atomic E-state index is 3.69. The standard InChI is InChI=1S/C10H12S.C4H10/c1-4-11-10-7-5-6-8(2)9(10)3;1-3-4-2/h4-7H,1H2,2-3H3;3-4H2,1-2H3. The first-order chi connectivity index (χ1) is 7.17. The van der Waals surface area contributed by atoms with E-state index in [4.69, 9.17) is 0 Å². The summed E-state index contributed by atoms with van der Waals surface area (Å²) in [5.41, 5.74) is 2.70. The fraction of sp³-hybridized carbons (Fsp3) is 0.429. The van der Waals surface area contributed by atoms with Crippen molar-refractivity contribution in [2.45, 2.75) is 45.4 Å². The topological polar surface area (TPSA) is 0 Å². The summed E-state index contributed by atoms with van der Waals surface area (Å²) in [4.78, 5) is 1.31. The second-order valence-corrected chi connectivity index (χ2v) is 4.49. The lowest BCUT2D eigenvalue weighted by atomic mass is 10.1. The average molecular weight is 222 g/mol. The molecule has 0 radical (unpaired) electrons. The van der Waals surface area contributed by atoms with Crippen molar-refractivity contribution in [1.29, 1.82) is 0 Å². The average Bonchev–Trinajstić information content (AvgIpc) is 2.25. The second-order valence-electron chi connectivity index (χ2n) is 3.48. The van der Waals surface area contributed by atoms with Crippen LogP contribution in [0, 0.1) is 13.8 Å². The van der Waals surface area contributed by atoms with E-state index in [2.05, 4.69) is 52.5 Å². The van der Waals surface area contributed by atoms with Gasteiger partial charge < -0.3 is 0 Å². The molecule has 0 aliphatic carbocycles. The molecule has 0 spiro atoms. The van der Waals surface area contributed by atoms with Gasteiger partial charge in [0.1, 0.15) is 0 Å². The molecule has 0 aromatic heterocycles. The molecule has 1 aromatic carbocycles. The van der Waals surface area contributed by atoms with E-state index in [9.17, 15) is 0 Å². The van der Waals surface area contributed by atoms with E-state index in [0.717, 1.165) is 0 Å². The van der Waals surface area contributed by atoms with Gasteiger partial charge >= 0.3 is 0 Å². The van der Waals surface area contributed by atoms with Crippen LogP contribution < -0.4 is 0 Å². The number of thioether (sulfide) groups is 1. The Balaban J connectivity index is 0.000000423. The maximum absolute atomic E-state index is 3.69. The molecule has 0 atom stereocenters. The van der Waals surface area contributed by atoms with Gasteiger partial charge in [0.05, 0.1) is 0 Å². The van der Waals surface area contributed by atoms with Crippen LogP contribution in [0.2, 0.25) is 0 Å². The molecule has 0 aliphatic heterocycles. The molecule has 0 N–H and O–H groups in total. The quantitative estimate of drug-likeness (QED) is 0.622. The lowest BCUT2D eigenvalue weighted by Gasteiger charge is -2.04. The van der Waals surface area contributed by atoms with Crippen molar-refractivity contribution in [2.75, 3.05) is 0 Å². The Labute approximate surface area is 98.8 Å². The van der Waals surface area contributed by atoms with Gasteiger partial charge in [-0.1, -0.05) is 57.2 Å². The van der Waals surface area contributed by atoms with Gasteiger partial charge in [-0.05, 0) is 36.4 Å². The zero-order valence-electron chi connectivity index (χ0n) is 10.3. The van der Waals surface area contributed by atoms with Gasteiger partial charge in [-0.25, -0.2) is 0 Å². The van der Waals surface area contributed by atoms with E-state index in [1.54, 1.807) is 11.8 Å². The highest BCUT2D eigenvalue weighted by Gasteiger charge is 1.97. The lowest BCUT2D eigenvalue weighted by molar-refractivity contribution is 0.886. The fourth-order valence-electron chi connectivity index (χ4n) is 0.942. The molecule has 1 aromatic rings. The number of hydrogen-bond donors (Lipinski definition) is 0. The fourth-order valence-corrected chi connectivity index (χ4v) is 1.62. The first kappa shape index (κ1) is 14.3. The molecule has 0 aliphatic rings. The summed E-state index contributed by atoms with van der Waals surface area (Å²) in [6, 6.07) is 6.32. The van der Waals surface area contributed by atoms with Gasteiger partial charge in [0.2, 0.25) is 0 Å². The largest absolute Gasteiger partial charge is 0.0984 e. The molecule has 0 heterocycles. The Morgan fingerprint density at radius 2 is 1.80 bits per heavy atom. The normalized spacial score (nSPS) is 9.07. The summed E-state index contributed by atoms with van der Waals surface area (Å²) in [5.74, 6) is 0. The van der Waals surface area contributed by atoms with Gasteiger partial charge in [0.15, 0.2) is 0 Å². The van der Waals surface area contributed by atoms with E-state index in [-0.39, 0.29) is 0 Å². The van der Waals surface area contributed by atoms with E-state index < -0.39 is 0 Å². The van der Waals surface area contributed by atoms with Crippen LogP contribution in [0.1, 0.15) is 37.8 Å². The Hall–Kier alpha value is -0.690. The van der Waals surface area contributed by atoms with Crippen LogP contribution in [-0.4, -0.2) is 0 Å². The Bertz CT molecular complexity index is 287. The second kappa shape index (κ2) is 8.60. The van der Waals surface area contributed by atoms with Crippen LogP contribution in [0.5, 0.6) is 0 Å². The van der Waals surface area contributed by atoms with Gasteiger partial charge in [-0.3, -0.25) is 0 Å². The molecule has 0 amide bonds. The number of hydrogen-bond acceptors (Lipinski definition) is 1. The predicted octanol–water partition coefficient (Wildman–Crippen LogP) is 5.35. The van der Waals surface area contributed by atoms with Crippen LogP contribution in [0.3, 0.4) is 0 Å². The Kier molecular flexibility index (Phi) is 8.21. The van der Waals surface area contributed by atoms with Gasteiger partial charge in [-0.15, -0.1) is 0 Å². The molecule has 0 nitrogen and oxygen atoms in total. The summed E-state index contributed by atoms with van der Waals surface area (Å²) in [5, 5.41) is 1.86. The van der Waals surface area contributed by atoms with E-state index in [0.29, 0.717) is 0 Å². The summed E-state index contributed by atoms with van der Waals surface area (Å²) < 4.78 is 0. The zero-order chi connectivity index (χ0) is 11.7. The van der Waals surface area contributed by atoms with Gasteiger partial charge in [0, 0.05) is 4.90 Å². The predicted molar refractivity (Wildman–Crippen MR) is 72.6 cm³/mol. The van der Waals surface area contributed by atoms with Crippen LogP contribution in [0.25, 0.3) is 0 Å². The van der Waals surface area contributed by atoms with Crippen LogP contribution >= 0.6 is 11.8 Å². The lowest BCUT2D eigenvalue weighted by Crippen LogP contribution is -1.81. The third kappa shape index (κ3) is 5.68. The first-order valence-corrected chi connectivity index (χ1v) is 6.39. The summed E-state index contributed by atoms with van der Waals surface area (Å²) in [6.07, 6.45) is 2.64. The summed E-state index contributed by atoms with van der Waals surface area (Å²) in [6.45, 7) is 12.3. The summed E-state index contributed by atoms with van der Waals surface area (Å²) >= 11 is 1.68. The van der Waals surface area contributed by atoms with Gasteiger partial charge in [-0.2, -0.15) is 0 Å². The molecule has 0 unspecified atom stereocenters. The monoisotopic (exact) mass is 222 g/mol. The minimum atomic E-state index is 1.31. The molecule has 15 heavy (non-hydrogen) atoms. The van der Waals surface area contributed by atoms with Crippen LogP contribution in [0.4, 0.5) is 0 Å². The van der Waals surface area contributed by atoms with Crippen LogP contribution in [-0.2, 0) is 0 Å². The highest BCUT2D eigenvalue weighted by molar-refractivity contribution is 8.02. The molecule has 84 valence electrons. The van der Waals surface area contributed by atoms with E-state index >= 15 is 0 Å². The third-order valence-electron chi connectivity index (χ3n) is 2.27. The number of benzene rings is 1. The van der Waals surface area contributed by atoms with Crippen molar-refractivity contribution in [1.82, 2.24) is 0 Å². The third-order valence-corrected chi connectivity index (χ3v) is 3.13. The molecular formula is C14H22S.